The van der Waals surface area contributed by atoms with Crippen LogP contribution in [0.4, 0.5) is 0 Å². The van der Waals surface area contributed by atoms with Crippen molar-refractivity contribution in [3.8, 4) is 33.4 Å². The lowest BCUT2D eigenvalue weighted by molar-refractivity contribution is 0.403. The molecule has 0 radical (unpaired) electrons. The van der Waals surface area contributed by atoms with Gasteiger partial charge in [-0.25, -0.2) is 0 Å². The Kier molecular flexibility index (Phi) is 6.54. The Labute approximate surface area is 232 Å². The molecule has 1 nitrogen and oxygen atoms in total. The first-order valence-electron chi connectivity index (χ1n) is 13.8. The summed E-state index contributed by atoms with van der Waals surface area (Å²) in [6.45, 7) is 7.39. The molecule has 0 spiro atoms. The van der Waals surface area contributed by atoms with Crippen molar-refractivity contribution in [1.29, 1.82) is 0 Å². The lowest BCUT2D eigenvalue weighted by Gasteiger charge is -2.23. The predicted octanol–water partition coefficient (Wildman–Crippen LogP) is 9.98. The fourth-order valence-corrected chi connectivity index (χ4v) is 5.79. The van der Waals surface area contributed by atoms with Gasteiger partial charge in [0, 0.05) is 6.54 Å². The van der Waals surface area contributed by atoms with E-state index in [1.165, 1.54) is 77.2 Å². The molecule has 0 saturated heterocycles. The maximum atomic E-state index is 2.41. The Balaban J connectivity index is 1.82. The van der Waals surface area contributed by atoms with E-state index in [0.29, 0.717) is 0 Å². The summed E-state index contributed by atoms with van der Waals surface area (Å²) < 4.78 is 0. The second kappa shape index (κ2) is 10.2. The molecule has 39 heavy (non-hydrogen) atoms. The zero-order valence-electron chi connectivity index (χ0n) is 23.5. The van der Waals surface area contributed by atoms with Crippen LogP contribution in [0.3, 0.4) is 0 Å². The van der Waals surface area contributed by atoms with Crippen LogP contribution in [0.1, 0.15) is 22.3 Å². The molecule has 0 atom stereocenters. The van der Waals surface area contributed by atoms with Crippen molar-refractivity contribution in [2.45, 2.75) is 27.3 Å². The summed E-state index contributed by atoms with van der Waals surface area (Å²) in [6.07, 6.45) is 0. The van der Waals surface area contributed by atoms with Crippen LogP contribution in [-0.2, 0) is 6.54 Å². The van der Waals surface area contributed by atoms with Gasteiger partial charge in [0.05, 0.1) is 0 Å². The molecule has 0 heterocycles. The molecule has 0 aliphatic carbocycles. The molecular formula is C38H35N. The van der Waals surface area contributed by atoms with E-state index in [1.807, 2.05) is 0 Å². The first-order valence-corrected chi connectivity index (χ1v) is 13.8. The standard InChI is InChI=1S/C38H35N/c1-25-10-15-28(16-11-25)35-23-32-21-30-8-6-7-9-31(30)22-36(32)38(37(35)29-17-12-26(2)13-18-29)34-19-14-27(3)20-33(34)24-39(4)5/h6-23H,24H2,1-5H3. The van der Waals surface area contributed by atoms with Gasteiger partial charge in [-0.3, -0.25) is 0 Å². The van der Waals surface area contributed by atoms with Gasteiger partial charge in [-0.15, -0.1) is 0 Å². The van der Waals surface area contributed by atoms with Gasteiger partial charge < -0.3 is 4.90 Å². The summed E-state index contributed by atoms with van der Waals surface area (Å²) in [5.41, 5.74) is 12.9. The summed E-state index contributed by atoms with van der Waals surface area (Å²) in [7, 11) is 4.31. The minimum atomic E-state index is 0.883. The number of fused-ring (bicyclic) bond motifs is 2. The molecule has 0 bridgehead atoms. The molecule has 0 aliphatic heterocycles. The molecule has 0 fully saturated rings. The van der Waals surface area contributed by atoms with E-state index < -0.39 is 0 Å². The van der Waals surface area contributed by atoms with E-state index in [1.54, 1.807) is 0 Å². The highest BCUT2D eigenvalue weighted by molar-refractivity contribution is 6.13. The highest BCUT2D eigenvalue weighted by Crippen LogP contribution is 2.47. The third kappa shape index (κ3) is 4.87. The number of nitrogens with zero attached hydrogens (tertiary/aromatic N) is 1. The van der Waals surface area contributed by atoms with Crippen LogP contribution in [0.2, 0.25) is 0 Å². The summed E-state index contributed by atoms with van der Waals surface area (Å²) >= 11 is 0. The van der Waals surface area contributed by atoms with Crippen LogP contribution in [0.25, 0.3) is 54.9 Å². The van der Waals surface area contributed by atoms with E-state index in [0.717, 1.165) is 6.54 Å². The van der Waals surface area contributed by atoms with Crippen LogP contribution in [0, 0.1) is 20.8 Å². The van der Waals surface area contributed by atoms with Crippen molar-refractivity contribution in [3.63, 3.8) is 0 Å². The normalized spacial score (nSPS) is 11.5. The van der Waals surface area contributed by atoms with Gasteiger partial charge in [0.2, 0.25) is 0 Å². The molecule has 0 amide bonds. The van der Waals surface area contributed by atoms with E-state index in [-0.39, 0.29) is 0 Å². The molecule has 0 aromatic heterocycles. The Morgan fingerprint density at radius 3 is 1.72 bits per heavy atom. The van der Waals surface area contributed by atoms with Crippen LogP contribution < -0.4 is 0 Å². The molecule has 0 unspecified atom stereocenters. The fraction of sp³-hybridized carbons (Fsp3) is 0.158. The summed E-state index contributed by atoms with van der Waals surface area (Å²) in [5, 5.41) is 5.10. The maximum absolute atomic E-state index is 2.41. The number of hydrogen-bond donors (Lipinski definition) is 0. The average molecular weight is 506 g/mol. The number of benzene rings is 6. The SMILES string of the molecule is Cc1ccc(-c2cc3cc4ccccc4cc3c(-c3ccc(C)cc3CN(C)C)c2-c2ccc(C)cc2)cc1. The monoisotopic (exact) mass is 505 g/mol. The molecule has 0 N–H and O–H groups in total. The van der Waals surface area contributed by atoms with E-state index in [2.05, 4.69) is 149 Å². The third-order valence-electron chi connectivity index (χ3n) is 7.73. The molecule has 6 aromatic carbocycles. The number of rotatable bonds is 5. The first kappa shape index (κ1) is 25.1. The lowest BCUT2D eigenvalue weighted by atomic mass is 9.81. The van der Waals surface area contributed by atoms with Crippen molar-refractivity contribution < 1.29 is 0 Å². The van der Waals surface area contributed by atoms with Gasteiger partial charge in [0.25, 0.3) is 0 Å². The summed E-state index contributed by atoms with van der Waals surface area (Å²) in [6, 6.07) is 40.9. The topological polar surface area (TPSA) is 3.24 Å². The predicted molar refractivity (Wildman–Crippen MR) is 169 cm³/mol. The minimum absolute atomic E-state index is 0.883. The summed E-state index contributed by atoms with van der Waals surface area (Å²) in [4.78, 5) is 2.27. The van der Waals surface area contributed by atoms with Crippen molar-refractivity contribution in [2.24, 2.45) is 0 Å². The van der Waals surface area contributed by atoms with E-state index in [4.69, 9.17) is 0 Å². The number of hydrogen-bond acceptors (Lipinski definition) is 1. The van der Waals surface area contributed by atoms with Gasteiger partial charge in [0.1, 0.15) is 0 Å². The van der Waals surface area contributed by atoms with Crippen molar-refractivity contribution >= 4 is 21.5 Å². The Morgan fingerprint density at radius 1 is 0.487 bits per heavy atom. The molecule has 1 heteroatoms. The minimum Gasteiger partial charge on any atom is -0.305 e. The van der Waals surface area contributed by atoms with Crippen LogP contribution in [0.5, 0.6) is 0 Å². The van der Waals surface area contributed by atoms with Gasteiger partial charge in [-0.2, -0.15) is 0 Å². The lowest BCUT2D eigenvalue weighted by Crippen LogP contribution is -2.12. The molecule has 0 saturated carbocycles. The van der Waals surface area contributed by atoms with Gasteiger partial charge in [0.15, 0.2) is 0 Å². The average Bonchev–Trinajstić information content (AvgIpc) is 2.92. The van der Waals surface area contributed by atoms with Crippen LogP contribution in [0.15, 0.2) is 109 Å². The highest BCUT2D eigenvalue weighted by atomic mass is 15.0. The quantitative estimate of drug-likeness (QED) is 0.211. The van der Waals surface area contributed by atoms with Crippen molar-refractivity contribution in [2.75, 3.05) is 14.1 Å². The molecule has 6 aromatic rings. The van der Waals surface area contributed by atoms with Gasteiger partial charge in [-0.05, 0) is 114 Å². The number of aryl methyl sites for hydroxylation is 3. The Morgan fingerprint density at radius 2 is 1.08 bits per heavy atom. The maximum Gasteiger partial charge on any atom is 0.0233 e. The summed E-state index contributed by atoms with van der Waals surface area (Å²) in [5.74, 6) is 0. The largest absolute Gasteiger partial charge is 0.305 e. The van der Waals surface area contributed by atoms with Gasteiger partial charge in [-0.1, -0.05) is 108 Å². The van der Waals surface area contributed by atoms with E-state index in [9.17, 15) is 0 Å². The van der Waals surface area contributed by atoms with Crippen LogP contribution in [-0.4, -0.2) is 19.0 Å². The highest BCUT2D eigenvalue weighted by Gasteiger charge is 2.21. The second-order valence-electron chi connectivity index (χ2n) is 11.2. The fourth-order valence-electron chi connectivity index (χ4n) is 5.79. The molecular weight excluding hydrogens is 470 g/mol. The van der Waals surface area contributed by atoms with Crippen molar-refractivity contribution in [3.05, 3.63) is 131 Å². The van der Waals surface area contributed by atoms with Gasteiger partial charge >= 0.3 is 0 Å². The molecule has 6 rings (SSSR count). The zero-order valence-corrected chi connectivity index (χ0v) is 23.5. The zero-order chi connectivity index (χ0) is 27.1. The molecule has 0 aliphatic rings. The smallest absolute Gasteiger partial charge is 0.0233 e. The van der Waals surface area contributed by atoms with Crippen molar-refractivity contribution in [1.82, 2.24) is 4.90 Å². The third-order valence-corrected chi connectivity index (χ3v) is 7.73. The van der Waals surface area contributed by atoms with E-state index >= 15 is 0 Å². The Hall–Kier alpha value is -4.20. The molecule has 192 valence electrons. The first-order chi connectivity index (χ1) is 18.9. The van der Waals surface area contributed by atoms with Crippen LogP contribution >= 0.6 is 0 Å². The Bertz CT molecular complexity index is 1810. The second-order valence-corrected chi connectivity index (χ2v) is 11.2.